The summed E-state index contributed by atoms with van der Waals surface area (Å²) in [4.78, 5) is 24.0. The molecule has 2 N–H and O–H groups in total. The highest BCUT2D eigenvalue weighted by molar-refractivity contribution is 6.36. The second kappa shape index (κ2) is 8.04. The van der Waals surface area contributed by atoms with Gasteiger partial charge < -0.3 is 0 Å². The van der Waals surface area contributed by atoms with Crippen LogP contribution in [-0.2, 0) is 4.79 Å². The SMILES string of the molecule is O=C(/C=C/c1cccc2ccccc12)NNC(=O)c1ccc(Cl)cc1Cl. The molecular weight excluding hydrogens is 371 g/mol. The van der Waals surface area contributed by atoms with Crippen molar-refractivity contribution in [2.75, 3.05) is 0 Å². The Morgan fingerprint density at radius 1 is 0.885 bits per heavy atom. The summed E-state index contributed by atoms with van der Waals surface area (Å²) in [6, 6.07) is 18.2. The van der Waals surface area contributed by atoms with E-state index in [-0.39, 0.29) is 10.6 Å². The number of hydrazine groups is 1. The highest BCUT2D eigenvalue weighted by atomic mass is 35.5. The number of hydrogen-bond acceptors (Lipinski definition) is 2. The molecule has 0 aliphatic heterocycles. The number of hydrogen-bond donors (Lipinski definition) is 2. The van der Waals surface area contributed by atoms with Gasteiger partial charge >= 0.3 is 0 Å². The molecule has 0 saturated heterocycles. The number of amides is 2. The Morgan fingerprint density at radius 3 is 2.46 bits per heavy atom. The number of nitrogens with one attached hydrogen (secondary N) is 2. The van der Waals surface area contributed by atoms with Gasteiger partial charge in [-0.05, 0) is 40.6 Å². The minimum Gasteiger partial charge on any atom is -0.268 e. The van der Waals surface area contributed by atoms with Crippen molar-refractivity contribution in [3.8, 4) is 0 Å². The van der Waals surface area contributed by atoms with Crippen molar-refractivity contribution in [2.45, 2.75) is 0 Å². The molecule has 0 heterocycles. The Kier molecular flexibility index (Phi) is 5.56. The summed E-state index contributed by atoms with van der Waals surface area (Å²) in [6.45, 7) is 0. The van der Waals surface area contributed by atoms with Gasteiger partial charge in [-0.3, -0.25) is 20.4 Å². The van der Waals surface area contributed by atoms with Crippen molar-refractivity contribution in [3.63, 3.8) is 0 Å². The lowest BCUT2D eigenvalue weighted by Gasteiger charge is -2.07. The van der Waals surface area contributed by atoms with Crippen molar-refractivity contribution in [1.29, 1.82) is 0 Å². The van der Waals surface area contributed by atoms with Crippen LogP contribution >= 0.6 is 23.2 Å². The van der Waals surface area contributed by atoms with Crippen LogP contribution in [0.4, 0.5) is 0 Å². The highest BCUT2D eigenvalue weighted by Gasteiger charge is 2.10. The Labute approximate surface area is 160 Å². The zero-order valence-corrected chi connectivity index (χ0v) is 15.0. The second-order valence-electron chi connectivity index (χ2n) is 5.47. The first-order valence-corrected chi connectivity index (χ1v) is 8.51. The molecule has 0 aliphatic rings. The van der Waals surface area contributed by atoms with E-state index in [9.17, 15) is 9.59 Å². The predicted molar refractivity (Wildman–Crippen MR) is 105 cm³/mol. The minimum absolute atomic E-state index is 0.204. The van der Waals surface area contributed by atoms with Crippen LogP contribution in [-0.4, -0.2) is 11.8 Å². The van der Waals surface area contributed by atoms with E-state index >= 15 is 0 Å². The molecule has 0 radical (unpaired) electrons. The number of rotatable bonds is 3. The van der Waals surface area contributed by atoms with E-state index in [0.717, 1.165) is 16.3 Å². The van der Waals surface area contributed by atoms with E-state index in [0.29, 0.717) is 5.02 Å². The third-order valence-electron chi connectivity index (χ3n) is 3.71. The smallest absolute Gasteiger partial charge is 0.268 e. The lowest BCUT2D eigenvalue weighted by atomic mass is 10.0. The van der Waals surface area contributed by atoms with Gasteiger partial charge in [-0.15, -0.1) is 0 Å². The predicted octanol–water partition coefficient (Wildman–Crippen LogP) is 4.62. The maximum atomic E-state index is 12.1. The molecule has 2 amide bonds. The standard InChI is InChI=1S/C20H14Cl2N2O2/c21-15-9-10-17(18(22)12-15)20(26)24-23-19(25)11-8-14-6-3-5-13-4-1-2-7-16(13)14/h1-12H,(H,23,25)(H,24,26)/b11-8+. The number of carbonyl (C=O) groups is 2. The molecule has 3 rings (SSSR count). The van der Waals surface area contributed by atoms with Gasteiger partial charge in [0.1, 0.15) is 0 Å². The van der Waals surface area contributed by atoms with E-state index in [4.69, 9.17) is 23.2 Å². The Bertz CT molecular complexity index is 1010. The molecule has 4 nitrogen and oxygen atoms in total. The van der Waals surface area contributed by atoms with Gasteiger partial charge in [0.05, 0.1) is 10.6 Å². The molecule has 3 aromatic carbocycles. The third-order valence-corrected chi connectivity index (χ3v) is 4.26. The fraction of sp³-hybridized carbons (Fsp3) is 0. The summed E-state index contributed by atoms with van der Waals surface area (Å²) < 4.78 is 0. The molecule has 3 aromatic rings. The molecule has 0 atom stereocenters. The highest BCUT2D eigenvalue weighted by Crippen LogP contribution is 2.21. The fourth-order valence-electron chi connectivity index (χ4n) is 2.46. The largest absolute Gasteiger partial charge is 0.271 e. The summed E-state index contributed by atoms with van der Waals surface area (Å²) in [7, 11) is 0. The first-order chi connectivity index (χ1) is 12.5. The number of carbonyl (C=O) groups excluding carboxylic acids is 2. The summed E-state index contributed by atoms with van der Waals surface area (Å²) >= 11 is 11.8. The zero-order valence-electron chi connectivity index (χ0n) is 13.5. The molecule has 0 unspecified atom stereocenters. The van der Waals surface area contributed by atoms with Crippen LogP contribution in [0.1, 0.15) is 15.9 Å². The van der Waals surface area contributed by atoms with Gasteiger partial charge in [-0.2, -0.15) is 0 Å². The summed E-state index contributed by atoms with van der Waals surface area (Å²) in [5.41, 5.74) is 5.76. The summed E-state index contributed by atoms with van der Waals surface area (Å²) in [5.74, 6) is -0.991. The van der Waals surface area contributed by atoms with Gasteiger partial charge in [-0.1, -0.05) is 65.7 Å². The molecular formula is C20H14Cl2N2O2. The third kappa shape index (κ3) is 4.23. The number of fused-ring (bicyclic) bond motifs is 1. The zero-order chi connectivity index (χ0) is 18.5. The Hall–Kier alpha value is -2.82. The second-order valence-corrected chi connectivity index (χ2v) is 6.31. The average Bonchev–Trinajstić information content (AvgIpc) is 2.64. The average molecular weight is 385 g/mol. The van der Waals surface area contributed by atoms with Crippen LogP contribution < -0.4 is 10.9 Å². The topological polar surface area (TPSA) is 58.2 Å². The van der Waals surface area contributed by atoms with Crippen LogP contribution in [0.3, 0.4) is 0 Å². The molecule has 26 heavy (non-hydrogen) atoms. The Balaban J connectivity index is 1.65. The molecule has 0 aliphatic carbocycles. The normalized spacial score (nSPS) is 10.8. The van der Waals surface area contributed by atoms with Gasteiger partial charge in [0.15, 0.2) is 0 Å². The van der Waals surface area contributed by atoms with E-state index in [1.165, 1.54) is 18.2 Å². The van der Waals surface area contributed by atoms with Crippen LogP contribution in [0.2, 0.25) is 10.0 Å². The van der Waals surface area contributed by atoms with Gasteiger partial charge in [0, 0.05) is 11.1 Å². The van der Waals surface area contributed by atoms with Crippen LogP contribution in [0.15, 0.2) is 66.7 Å². The van der Waals surface area contributed by atoms with Crippen molar-refractivity contribution in [1.82, 2.24) is 10.9 Å². The monoisotopic (exact) mass is 384 g/mol. The molecule has 0 fully saturated rings. The lowest BCUT2D eigenvalue weighted by molar-refractivity contribution is -0.117. The van der Waals surface area contributed by atoms with E-state index in [2.05, 4.69) is 10.9 Å². The van der Waals surface area contributed by atoms with Gasteiger partial charge in [0.2, 0.25) is 0 Å². The van der Waals surface area contributed by atoms with E-state index < -0.39 is 11.8 Å². The fourth-order valence-corrected chi connectivity index (χ4v) is 2.96. The summed E-state index contributed by atoms with van der Waals surface area (Å²) in [5, 5.41) is 2.75. The number of benzene rings is 3. The quantitative estimate of drug-likeness (QED) is 0.511. The number of halogens is 2. The minimum atomic E-state index is -0.529. The molecule has 6 heteroatoms. The Morgan fingerprint density at radius 2 is 1.65 bits per heavy atom. The van der Waals surface area contributed by atoms with Gasteiger partial charge in [0.25, 0.3) is 11.8 Å². The van der Waals surface area contributed by atoms with Crippen LogP contribution in [0.5, 0.6) is 0 Å². The molecule has 0 spiro atoms. The maximum Gasteiger partial charge on any atom is 0.271 e. The van der Waals surface area contributed by atoms with E-state index in [1.54, 1.807) is 12.1 Å². The van der Waals surface area contributed by atoms with Crippen molar-refractivity contribution in [2.24, 2.45) is 0 Å². The maximum absolute atomic E-state index is 12.1. The first-order valence-electron chi connectivity index (χ1n) is 7.76. The van der Waals surface area contributed by atoms with Crippen molar-refractivity contribution in [3.05, 3.63) is 87.9 Å². The molecule has 0 saturated carbocycles. The summed E-state index contributed by atoms with van der Waals surface area (Å²) in [6.07, 6.45) is 3.05. The van der Waals surface area contributed by atoms with E-state index in [1.807, 2.05) is 42.5 Å². The van der Waals surface area contributed by atoms with Crippen molar-refractivity contribution < 1.29 is 9.59 Å². The van der Waals surface area contributed by atoms with Gasteiger partial charge in [-0.25, -0.2) is 0 Å². The van der Waals surface area contributed by atoms with Crippen molar-refractivity contribution >= 4 is 51.9 Å². The van der Waals surface area contributed by atoms with Crippen LogP contribution in [0, 0.1) is 0 Å². The molecule has 0 aromatic heterocycles. The lowest BCUT2D eigenvalue weighted by Crippen LogP contribution is -2.40. The molecule has 0 bridgehead atoms. The van der Waals surface area contributed by atoms with Crippen LogP contribution in [0.25, 0.3) is 16.8 Å². The molecule has 130 valence electrons. The first kappa shape index (κ1) is 18.0.